The second-order valence-electron chi connectivity index (χ2n) is 6.97. The van der Waals surface area contributed by atoms with E-state index in [0.717, 1.165) is 28.9 Å². The van der Waals surface area contributed by atoms with Gasteiger partial charge in [0, 0.05) is 6.42 Å². The van der Waals surface area contributed by atoms with Crippen LogP contribution in [0, 0.1) is 0 Å². The van der Waals surface area contributed by atoms with E-state index in [1.165, 1.54) is 5.56 Å². The zero-order valence-electron chi connectivity index (χ0n) is 18.0. The van der Waals surface area contributed by atoms with Crippen LogP contribution in [0.3, 0.4) is 0 Å². The summed E-state index contributed by atoms with van der Waals surface area (Å²) in [5.41, 5.74) is 4.19. The summed E-state index contributed by atoms with van der Waals surface area (Å²) in [6.45, 7) is 4.80. The summed E-state index contributed by atoms with van der Waals surface area (Å²) in [6, 6.07) is 26.2. The fraction of sp³-hybridized carbons (Fsp3) is 0.222. The van der Waals surface area contributed by atoms with Gasteiger partial charge in [0.25, 0.3) is 0 Å². The van der Waals surface area contributed by atoms with Crippen molar-refractivity contribution in [2.75, 3.05) is 13.2 Å². The molecular formula is C27H28O4. The van der Waals surface area contributed by atoms with E-state index in [0.29, 0.717) is 19.8 Å². The van der Waals surface area contributed by atoms with Crippen molar-refractivity contribution in [2.45, 2.75) is 26.9 Å². The second-order valence-corrected chi connectivity index (χ2v) is 6.97. The molecule has 0 aliphatic heterocycles. The van der Waals surface area contributed by atoms with Crippen molar-refractivity contribution in [1.29, 1.82) is 0 Å². The summed E-state index contributed by atoms with van der Waals surface area (Å²) >= 11 is 0. The molecule has 0 unspecified atom stereocenters. The van der Waals surface area contributed by atoms with Gasteiger partial charge in [0.2, 0.25) is 5.76 Å². The number of rotatable bonds is 10. The largest absolute Gasteiger partial charge is 0.489 e. The van der Waals surface area contributed by atoms with Crippen LogP contribution in [-0.2, 0) is 27.3 Å². The van der Waals surface area contributed by atoms with E-state index in [1.807, 2.05) is 73.7 Å². The van der Waals surface area contributed by atoms with Gasteiger partial charge in [0.15, 0.2) is 0 Å². The molecule has 0 saturated carbocycles. The average molecular weight is 417 g/mol. The highest BCUT2D eigenvalue weighted by Gasteiger charge is 2.13. The van der Waals surface area contributed by atoms with Gasteiger partial charge in [-0.15, -0.1) is 0 Å². The Bertz CT molecular complexity index is 994. The quantitative estimate of drug-likeness (QED) is 0.238. The van der Waals surface area contributed by atoms with Crippen molar-refractivity contribution in [1.82, 2.24) is 0 Å². The van der Waals surface area contributed by atoms with E-state index >= 15 is 0 Å². The lowest BCUT2D eigenvalue weighted by Crippen LogP contribution is -2.10. The highest BCUT2D eigenvalue weighted by atomic mass is 16.6. The first-order valence-corrected chi connectivity index (χ1v) is 10.5. The third kappa shape index (κ3) is 6.75. The van der Waals surface area contributed by atoms with Gasteiger partial charge in [-0.05, 0) is 54.3 Å². The minimum absolute atomic E-state index is 0.202. The molecule has 0 heterocycles. The van der Waals surface area contributed by atoms with E-state index < -0.39 is 5.97 Å². The van der Waals surface area contributed by atoms with Crippen LogP contribution >= 0.6 is 0 Å². The Morgan fingerprint density at radius 2 is 1.45 bits per heavy atom. The zero-order valence-corrected chi connectivity index (χ0v) is 18.0. The average Bonchev–Trinajstić information content (AvgIpc) is 2.80. The Morgan fingerprint density at radius 1 is 0.806 bits per heavy atom. The molecule has 4 nitrogen and oxygen atoms in total. The van der Waals surface area contributed by atoms with Gasteiger partial charge < -0.3 is 14.2 Å². The van der Waals surface area contributed by atoms with Crippen LogP contribution in [0.4, 0.5) is 0 Å². The SMILES string of the molecule is CCOC(=O)C(=Cc1ccc(OCc2ccccc2)c(Cc2ccccc2)c1)OCC. The topological polar surface area (TPSA) is 44.8 Å². The Hall–Kier alpha value is -3.53. The Labute approximate surface area is 184 Å². The highest BCUT2D eigenvalue weighted by Crippen LogP contribution is 2.26. The van der Waals surface area contributed by atoms with Gasteiger partial charge in [-0.1, -0.05) is 66.7 Å². The molecule has 0 radical (unpaired) electrons. The maximum atomic E-state index is 12.2. The monoisotopic (exact) mass is 416 g/mol. The molecule has 0 N–H and O–H groups in total. The van der Waals surface area contributed by atoms with Crippen LogP contribution in [0.5, 0.6) is 5.75 Å². The Morgan fingerprint density at radius 3 is 2.10 bits per heavy atom. The van der Waals surface area contributed by atoms with Crippen molar-refractivity contribution in [3.63, 3.8) is 0 Å². The number of hydrogen-bond donors (Lipinski definition) is 0. The van der Waals surface area contributed by atoms with Gasteiger partial charge in [-0.2, -0.15) is 0 Å². The first-order valence-electron chi connectivity index (χ1n) is 10.5. The lowest BCUT2D eigenvalue weighted by molar-refractivity contribution is -0.142. The van der Waals surface area contributed by atoms with Crippen LogP contribution < -0.4 is 4.74 Å². The lowest BCUT2D eigenvalue weighted by Gasteiger charge is -2.14. The van der Waals surface area contributed by atoms with Gasteiger partial charge in [0.1, 0.15) is 12.4 Å². The van der Waals surface area contributed by atoms with Crippen molar-refractivity contribution >= 4 is 12.0 Å². The third-order valence-electron chi connectivity index (χ3n) is 4.63. The van der Waals surface area contributed by atoms with E-state index in [1.54, 1.807) is 13.0 Å². The normalized spacial score (nSPS) is 11.1. The number of ether oxygens (including phenoxy) is 3. The molecule has 4 heteroatoms. The van der Waals surface area contributed by atoms with E-state index in [4.69, 9.17) is 14.2 Å². The van der Waals surface area contributed by atoms with Crippen molar-refractivity contribution in [3.05, 3.63) is 107 Å². The maximum Gasteiger partial charge on any atom is 0.373 e. The molecule has 0 aliphatic carbocycles. The molecular weight excluding hydrogens is 388 g/mol. The highest BCUT2D eigenvalue weighted by molar-refractivity contribution is 5.91. The number of esters is 1. The summed E-state index contributed by atoms with van der Waals surface area (Å²) in [4.78, 5) is 12.2. The fourth-order valence-corrected chi connectivity index (χ4v) is 3.19. The molecule has 0 atom stereocenters. The summed E-state index contributed by atoms with van der Waals surface area (Å²) in [5.74, 6) is 0.560. The Kier molecular flexibility index (Phi) is 8.29. The van der Waals surface area contributed by atoms with Crippen LogP contribution in [0.25, 0.3) is 6.08 Å². The smallest absolute Gasteiger partial charge is 0.373 e. The first-order chi connectivity index (χ1) is 15.2. The third-order valence-corrected chi connectivity index (χ3v) is 4.63. The first kappa shape index (κ1) is 22.2. The lowest BCUT2D eigenvalue weighted by atomic mass is 10.0. The van der Waals surface area contributed by atoms with E-state index in [2.05, 4.69) is 12.1 Å². The second kappa shape index (κ2) is 11.6. The molecule has 0 aromatic heterocycles. The van der Waals surface area contributed by atoms with Gasteiger partial charge >= 0.3 is 5.97 Å². The zero-order chi connectivity index (χ0) is 21.9. The molecule has 0 amide bonds. The summed E-state index contributed by atoms with van der Waals surface area (Å²) in [6.07, 6.45) is 2.44. The Balaban J connectivity index is 1.90. The van der Waals surface area contributed by atoms with Crippen molar-refractivity contribution in [2.24, 2.45) is 0 Å². The van der Waals surface area contributed by atoms with Crippen molar-refractivity contribution in [3.8, 4) is 5.75 Å². The fourth-order valence-electron chi connectivity index (χ4n) is 3.19. The minimum atomic E-state index is -0.460. The summed E-state index contributed by atoms with van der Waals surface area (Å²) < 4.78 is 16.8. The molecule has 3 aromatic carbocycles. The van der Waals surface area contributed by atoms with E-state index in [9.17, 15) is 4.79 Å². The molecule has 0 aliphatic rings. The van der Waals surface area contributed by atoms with Gasteiger partial charge in [0.05, 0.1) is 13.2 Å². The molecule has 3 aromatic rings. The molecule has 0 bridgehead atoms. The standard InChI is InChI=1S/C27H28O4/c1-3-29-26(27(28)30-4-2)19-23-15-16-25(31-20-22-13-9-6-10-14-22)24(18-23)17-21-11-7-5-8-12-21/h5-16,18-19H,3-4,17,20H2,1-2H3. The maximum absolute atomic E-state index is 12.2. The minimum Gasteiger partial charge on any atom is -0.489 e. The number of carbonyl (C=O) groups excluding carboxylic acids is 1. The molecule has 0 saturated heterocycles. The molecule has 0 fully saturated rings. The van der Waals surface area contributed by atoms with Crippen molar-refractivity contribution < 1.29 is 19.0 Å². The predicted octanol–water partition coefficient (Wildman–Crippen LogP) is 5.80. The van der Waals surface area contributed by atoms with Crippen LogP contribution in [0.15, 0.2) is 84.6 Å². The number of hydrogen-bond acceptors (Lipinski definition) is 4. The number of benzene rings is 3. The summed E-state index contributed by atoms with van der Waals surface area (Å²) in [7, 11) is 0. The summed E-state index contributed by atoms with van der Waals surface area (Å²) in [5, 5.41) is 0. The molecule has 3 rings (SSSR count). The molecule has 160 valence electrons. The van der Waals surface area contributed by atoms with Gasteiger partial charge in [-0.25, -0.2) is 4.79 Å². The molecule has 31 heavy (non-hydrogen) atoms. The predicted molar refractivity (Wildman–Crippen MR) is 123 cm³/mol. The van der Waals surface area contributed by atoms with E-state index in [-0.39, 0.29) is 5.76 Å². The van der Waals surface area contributed by atoms with Gasteiger partial charge in [-0.3, -0.25) is 0 Å². The van der Waals surface area contributed by atoms with Crippen LogP contribution in [-0.4, -0.2) is 19.2 Å². The van der Waals surface area contributed by atoms with Crippen LogP contribution in [0.2, 0.25) is 0 Å². The van der Waals surface area contributed by atoms with Crippen LogP contribution in [0.1, 0.15) is 36.1 Å². The molecule has 0 spiro atoms. The number of carbonyl (C=O) groups is 1.